The second kappa shape index (κ2) is 7.04. The summed E-state index contributed by atoms with van der Waals surface area (Å²) in [7, 11) is -0.578. The molecule has 0 aliphatic heterocycles. The van der Waals surface area contributed by atoms with E-state index >= 15 is 0 Å². The van der Waals surface area contributed by atoms with Crippen LogP contribution in [0.4, 0.5) is 0 Å². The van der Waals surface area contributed by atoms with Gasteiger partial charge < -0.3 is 5.32 Å². The Kier molecular flexibility index (Phi) is 5.68. The molecule has 0 aromatic carbocycles. The van der Waals surface area contributed by atoms with Crippen LogP contribution in [0.15, 0.2) is 0 Å². The first-order chi connectivity index (χ1) is 8.74. The zero-order chi connectivity index (χ0) is 13.0. The number of rotatable bonds is 5. The molecule has 4 atom stereocenters. The largest absolute Gasteiger partial charge is 0.314 e. The van der Waals surface area contributed by atoms with Gasteiger partial charge >= 0.3 is 0 Å². The molecular weight excluding hydrogens is 242 g/mol. The van der Waals surface area contributed by atoms with Crippen LogP contribution in [0.25, 0.3) is 0 Å². The summed E-state index contributed by atoms with van der Waals surface area (Å²) in [4.78, 5) is 0. The van der Waals surface area contributed by atoms with Gasteiger partial charge in [-0.25, -0.2) is 0 Å². The zero-order valence-electron chi connectivity index (χ0n) is 12.0. The van der Waals surface area contributed by atoms with Crippen LogP contribution in [0.2, 0.25) is 0 Å². The lowest BCUT2D eigenvalue weighted by molar-refractivity contribution is 0.426. The molecule has 0 amide bonds. The Labute approximate surface area is 115 Å². The van der Waals surface area contributed by atoms with Crippen molar-refractivity contribution >= 4 is 10.8 Å². The normalized spacial score (nSPS) is 35.8. The summed E-state index contributed by atoms with van der Waals surface area (Å²) in [5, 5.41) is 4.61. The fourth-order valence-electron chi connectivity index (χ4n) is 3.62. The Bertz CT molecular complexity index is 276. The molecular formula is C15H29NOS. The fraction of sp³-hybridized carbons (Fsp3) is 1.00. The molecule has 2 nitrogen and oxygen atoms in total. The standard InChI is InChI=1S/C15H29NOS/c1-3-11-16-14-9-10-15(12(14)2)18(17)13-7-5-4-6-8-13/h12-16H,3-11H2,1-2H3. The van der Waals surface area contributed by atoms with Crippen molar-refractivity contribution < 1.29 is 4.21 Å². The van der Waals surface area contributed by atoms with Crippen molar-refractivity contribution in [1.82, 2.24) is 5.32 Å². The van der Waals surface area contributed by atoms with E-state index in [-0.39, 0.29) is 0 Å². The zero-order valence-corrected chi connectivity index (χ0v) is 12.8. The lowest BCUT2D eigenvalue weighted by Crippen LogP contribution is -2.37. The van der Waals surface area contributed by atoms with Crippen LogP contribution in [-0.2, 0) is 10.8 Å². The van der Waals surface area contributed by atoms with Crippen molar-refractivity contribution in [3.05, 3.63) is 0 Å². The molecule has 0 spiro atoms. The number of nitrogens with one attached hydrogen (secondary N) is 1. The molecule has 18 heavy (non-hydrogen) atoms. The minimum atomic E-state index is -0.578. The van der Waals surface area contributed by atoms with Crippen molar-refractivity contribution in [2.24, 2.45) is 5.92 Å². The van der Waals surface area contributed by atoms with Crippen molar-refractivity contribution in [2.75, 3.05) is 6.54 Å². The molecule has 0 radical (unpaired) electrons. The summed E-state index contributed by atoms with van der Waals surface area (Å²) in [6, 6.07) is 0.613. The van der Waals surface area contributed by atoms with Crippen LogP contribution in [0.5, 0.6) is 0 Å². The summed E-state index contributed by atoms with van der Waals surface area (Å²) in [6.07, 6.45) is 9.97. The molecule has 0 saturated heterocycles. The van der Waals surface area contributed by atoms with Gasteiger partial charge in [0.25, 0.3) is 0 Å². The van der Waals surface area contributed by atoms with Crippen LogP contribution in [0.1, 0.15) is 65.2 Å². The Morgan fingerprint density at radius 1 is 1.11 bits per heavy atom. The van der Waals surface area contributed by atoms with Gasteiger partial charge in [-0.3, -0.25) is 4.21 Å². The molecule has 106 valence electrons. The molecule has 2 fully saturated rings. The van der Waals surface area contributed by atoms with Crippen LogP contribution >= 0.6 is 0 Å². The molecule has 0 aromatic rings. The average Bonchev–Trinajstić information content (AvgIpc) is 2.78. The first-order valence-corrected chi connectivity index (χ1v) is 9.14. The highest BCUT2D eigenvalue weighted by Gasteiger charge is 2.38. The van der Waals surface area contributed by atoms with Crippen molar-refractivity contribution in [2.45, 2.75) is 81.8 Å². The lowest BCUT2D eigenvalue weighted by atomic mass is 10.0. The minimum absolute atomic E-state index is 0.461. The Balaban J connectivity index is 1.87. The van der Waals surface area contributed by atoms with Crippen LogP contribution < -0.4 is 5.32 Å². The molecule has 2 saturated carbocycles. The number of hydrogen-bond acceptors (Lipinski definition) is 2. The van der Waals surface area contributed by atoms with E-state index < -0.39 is 10.8 Å². The van der Waals surface area contributed by atoms with E-state index in [9.17, 15) is 4.21 Å². The molecule has 2 aliphatic carbocycles. The van der Waals surface area contributed by atoms with Gasteiger partial charge in [0.15, 0.2) is 0 Å². The molecule has 2 rings (SSSR count). The van der Waals surface area contributed by atoms with E-state index in [0.717, 1.165) is 6.54 Å². The Morgan fingerprint density at radius 2 is 1.83 bits per heavy atom. The van der Waals surface area contributed by atoms with E-state index in [2.05, 4.69) is 19.2 Å². The first kappa shape index (κ1) is 14.5. The highest BCUT2D eigenvalue weighted by Crippen LogP contribution is 2.34. The maximum absolute atomic E-state index is 12.7. The van der Waals surface area contributed by atoms with Gasteiger partial charge in [-0.1, -0.05) is 33.1 Å². The summed E-state index contributed by atoms with van der Waals surface area (Å²) in [6.45, 7) is 5.63. The van der Waals surface area contributed by atoms with E-state index in [0.29, 0.717) is 22.5 Å². The molecule has 0 bridgehead atoms. The molecule has 2 aliphatic rings. The summed E-state index contributed by atoms with van der Waals surface area (Å²) in [5.41, 5.74) is 0. The maximum atomic E-state index is 12.7. The molecule has 0 heterocycles. The van der Waals surface area contributed by atoms with Gasteiger partial charge in [0.05, 0.1) is 0 Å². The minimum Gasteiger partial charge on any atom is -0.314 e. The van der Waals surface area contributed by atoms with Crippen molar-refractivity contribution in [3.63, 3.8) is 0 Å². The van der Waals surface area contributed by atoms with Crippen LogP contribution in [0, 0.1) is 5.92 Å². The summed E-state index contributed by atoms with van der Waals surface area (Å²) >= 11 is 0. The second-order valence-corrected chi connectivity index (χ2v) is 8.05. The quantitative estimate of drug-likeness (QED) is 0.832. The number of hydrogen-bond donors (Lipinski definition) is 1. The van der Waals surface area contributed by atoms with E-state index in [1.807, 2.05) is 0 Å². The van der Waals surface area contributed by atoms with Gasteiger partial charge in [0, 0.05) is 27.3 Å². The average molecular weight is 271 g/mol. The third-order valence-electron chi connectivity index (χ3n) is 4.82. The van der Waals surface area contributed by atoms with Crippen LogP contribution in [-0.4, -0.2) is 27.3 Å². The van der Waals surface area contributed by atoms with Gasteiger partial charge in [0.1, 0.15) is 0 Å². The highest BCUT2D eigenvalue weighted by molar-refractivity contribution is 7.86. The summed E-state index contributed by atoms with van der Waals surface area (Å²) in [5.74, 6) is 0.597. The van der Waals surface area contributed by atoms with E-state index in [1.54, 1.807) is 0 Å². The molecule has 1 N–H and O–H groups in total. The highest BCUT2D eigenvalue weighted by atomic mass is 32.2. The van der Waals surface area contributed by atoms with Gasteiger partial charge in [-0.15, -0.1) is 0 Å². The SMILES string of the molecule is CCCNC1CCC(S(=O)C2CCCCC2)C1C. The van der Waals surface area contributed by atoms with Gasteiger partial charge in [-0.2, -0.15) is 0 Å². The van der Waals surface area contributed by atoms with Gasteiger partial charge in [0.2, 0.25) is 0 Å². The van der Waals surface area contributed by atoms with E-state index in [1.165, 1.54) is 51.4 Å². The second-order valence-electron chi connectivity index (χ2n) is 6.12. The lowest BCUT2D eigenvalue weighted by Gasteiger charge is -2.27. The maximum Gasteiger partial charge on any atom is 0.0391 e. The third-order valence-corrected chi connectivity index (χ3v) is 7.21. The third kappa shape index (κ3) is 3.36. The summed E-state index contributed by atoms with van der Waals surface area (Å²) < 4.78 is 12.7. The van der Waals surface area contributed by atoms with Crippen LogP contribution in [0.3, 0.4) is 0 Å². The topological polar surface area (TPSA) is 29.1 Å². The van der Waals surface area contributed by atoms with E-state index in [4.69, 9.17) is 0 Å². The van der Waals surface area contributed by atoms with Gasteiger partial charge in [-0.05, 0) is 44.6 Å². The molecule has 4 unspecified atom stereocenters. The predicted molar refractivity (Wildman–Crippen MR) is 79.3 cm³/mol. The monoisotopic (exact) mass is 271 g/mol. The Hall–Kier alpha value is 0.110. The first-order valence-electron chi connectivity index (χ1n) is 7.86. The Morgan fingerprint density at radius 3 is 2.50 bits per heavy atom. The molecule has 3 heteroatoms. The predicted octanol–water partition coefficient (Wildman–Crippen LogP) is 3.23. The van der Waals surface area contributed by atoms with Crippen molar-refractivity contribution in [1.29, 1.82) is 0 Å². The smallest absolute Gasteiger partial charge is 0.0391 e. The fourth-order valence-corrected chi connectivity index (χ4v) is 5.89. The molecule has 0 aromatic heterocycles. The van der Waals surface area contributed by atoms with Crippen molar-refractivity contribution in [3.8, 4) is 0 Å².